The van der Waals surface area contributed by atoms with Gasteiger partial charge in [0.05, 0.1) is 25.2 Å². The van der Waals surface area contributed by atoms with E-state index in [2.05, 4.69) is 10.2 Å². The average molecular weight is 482 g/mol. The average Bonchev–Trinajstić information content (AvgIpc) is 2.78. The number of benzene rings is 2. The van der Waals surface area contributed by atoms with E-state index in [9.17, 15) is 22.0 Å². The van der Waals surface area contributed by atoms with E-state index in [1.54, 1.807) is 0 Å². The van der Waals surface area contributed by atoms with E-state index < -0.39 is 21.7 Å². The fourth-order valence-corrected chi connectivity index (χ4v) is 4.63. The highest BCUT2D eigenvalue weighted by atomic mass is 32.2. The molecule has 1 heterocycles. The van der Waals surface area contributed by atoms with Crippen LogP contribution in [0.3, 0.4) is 0 Å². The minimum atomic E-state index is -3.72. The van der Waals surface area contributed by atoms with E-state index in [1.807, 2.05) is 24.3 Å². The van der Waals surface area contributed by atoms with Crippen LogP contribution in [0.2, 0.25) is 0 Å². The molecule has 1 N–H and O–H groups in total. The van der Waals surface area contributed by atoms with Crippen molar-refractivity contribution in [2.45, 2.75) is 25.9 Å². The number of nitrogens with one attached hydrogen (secondary N) is 1. The Kier molecular flexibility index (Phi) is 8.76. The predicted molar refractivity (Wildman–Crippen MR) is 122 cm³/mol. The van der Waals surface area contributed by atoms with Crippen LogP contribution < -0.4 is 9.62 Å². The van der Waals surface area contributed by atoms with E-state index in [4.69, 9.17) is 4.74 Å². The second kappa shape index (κ2) is 11.5. The number of morpholine rings is 1. The molecule has 0 atom stereocenters. The Morgan fingerprint density at radius 1 is 1.09 bits per heavy atom. The summed E-state index contributed by atoms with van der Waals surface area (Å²) >= 11 is 0. The summed E-state index contributed by atoms with van der Waals surface area (Å²) in [4.78, 5) is 14.7. The van der Waals surface area contributed by atoms with Crippen molar-refractivity contribution in [2.24, 2.45) is 0 Å². The number of carbonyl (C=O) groups excluding carboxylic acids is 1. The molecule has 1 amide bonds. The van der Waals surface area contributed by atoms with Gasteiger partial charge in [-0.1, -0.05) is 24.3 Å². The fraction of sp³-hybridized carbons (Fsp3) is 0.435. The van der Waals surface area contributed by atoms with Crippen LogP contribution >= 0.6 is 0 Å². The van der Waals surface area contributed by atoms with Gasteiger partial charge in [0.1, 0.15) is 0 Å². The number of rotatable bonds is 10. The molecule has 2 aromatic carbocycles. The van der Waals surface area contributed by atoms with Crippen molar-refractivity contribution in [3.63, 3.8) is 0 Å². The molecule has 0 aliphatic carbocycles. The maximum absolute atomic E-state index is 13.6. The highest BCUT2D eigenvalue weighted by molar-refractivity contribution is 7.92. The molecule has 1 saturated heterocycles. The summed E-state index contributed by atoms with van der Waals surface area (Å²) in [5.41, 5.74) is 2.19. The van der Waals surface area contributed by atoms with Gasteiger partial charge >= 0.3 is 0 Å². The zero-order chi connectivity index (χ0) is 23.8. The van der Waals surface area contributed by atoms with Gasteiger partial charge in [0, 0.05) is 45.2 Å². The molecule has 1 aliphatic rings. The Hall–Kier alpha value is -2.56. The predicted octanol–water partition coefficient (Wildman–Crippen LogP) is 2.66. The maximum atomic E-state index is 13.6. The molecular weight excluding hydrogens is 452 g/mol. The summed E-state index contributed by atoms with van der Waals surface area (Å²) in [7, 11) is -3.72. The van der Waals surface area contributed by atoms with Crippen LogP contribution in [-0.4, -0.2) is 58.3 Å². The molecule has 0 unspecified atom stereocenters. The Bertz CT molecular complexity index is 1060. The largest absolute Gasteiger partial charge is 0.379 e. The number of nitrogens with zero attached hydrogens (tertiary/aromatic N) is 2. The van der Waals surface area contributed by atoms with Gasteiger partial charge in [-0.2, -0.15) is 0 Å². The van der Waals surface area contributed by atoms with E-state index in [0.717, 1.165) is 53.5 Å². The highest BCUT2D eigenvalue weighted by Crippen LogP contribution is 2.21. The van der Waals surface area contributed by atoms with Crippen molar-refractivity contribution in [2.75, 3.05) is 43.4 Å². The number of hydrogen-bond acceptors (Lipinski definition) is 5. The third-order valence-electron chi connectivity index (χ3n) is 5.45. The third kappa shape index (κ3) is 7.48. The van der Waals surface area contributed by atoms with Gasteiger partial charge in [-0.25, -0.2) is 17.2 Å². The molecule has 0 bridgehead atoms. The van der Waals surface area contributed by atoms with Crippen molar-refractivity contribution in [3.8, 4) is 0 Å². The topological polar surface area (TPSA) is 79.0 Å². The minimum absolute atomic E-state index is 0.0221. The van der Waals surface area contributed by atoms with Crippen LogP contribution in [0.5, 0.6) is 0 Å². The lowest BCUT2D eigenvalue weighted by atomic mass is 10.1. The molecule has 1 aliphatic heterocycles. The first-order valence-electron chi connectivity index (χ1n) is 10.8. The second-order valence-corrected chi connectivity index (χ2v) is 9.88. The first-order valence-corrected chi connectivity index (χ1v) is 12.7. The molecule has 0 radical (unpaired) electrons. The van der Waals surface area contributed by atoms with E-state index in [1.165, 1.54) is 6.07 Å². The minimum Gasteiger partial charge on any atom is -0.379 e. The quantitative estimate of drug-likeness (QED) is 0.565. The summed E-state index contributed by atoms with van der Waals surface area (Å²) in [5.74, 6) is -2.40. The highest BCUT2D eigenvalue weighted by Gasteiger charge is 2.19. The monoisotopic (exact) mass is 481 g/mol. The molecule has 10 heteroatoms. The summed E-state index contributed by atoms with van der Waals surface area (Å²) in [6, 6.07) is 10.8. The SMILES string of the molecule is CS(=O)(=O)N(CCCC(=O)NCc1ccccc1CN1CCOCC1)c1ccc(F)c(F)c1. The van der Waals surface area contributed by atoms with Crippen LogP contribution in [0.25, 0.3) is 0 Å². The number of halogens is 2. The molecule has 0 saturated carbocycles. The summed E-state index contributed by atoms with van der Waals surface area (Å²) in [6.07, 6.45) is 1.31. The van der Waals surface area contributed by atoms with Gasteiger partial charge in [0.25, 0.3) is 0 Å². The molecule has 7 nitrogen and oxygen atoms in total. The number of amides is 1. The van der Waals surface area contributed by atoms with Crippen LogP contribution in [0, 0.1) is 11.6 Å². The van der Waals surface area contributed by atoms with Crippen LogP contribution in [0.15, 0.2) is 42.5 Å². The molecule has 0 spiro atoms. The van der Waals surface area contributed by atoms with Crippen LogP contribution in [-0.2, 0) is 32.6 Å². The lowest BCUT2D eigenvalue weighted by molar-refractivity contribution is -0.121. The Balaban J connectivity index is 1.52. The number of ether oxygens (including phenoxy) is 1. The van der Waals surface area contributed by atoms with Crippen LogP contribution in [0.1, 0.15) is 24.0 Å². The lowest BCUT2D eigenvalue weighted by Crippen LogP contribution is -2.36. The first kappa shape index (κ1) is 25.1. The van der Waals surface area contributed by atoms with E-state index in [-0.39, 0.29) is 31.0 Å². The zero-order valence-electron chi connectivity index (χ0n) is 18.6. The van der Waals surface area contributed by atoms with Crippen LogP contribution in [0.4, 0.5) is 14.5 Å². The molecule has 2 aromatic rings. The number of sulfonamides is 1. The third-order valence-corrected chi connectivity index (χ3v) is 6.64. The molecule has 0 aromatic heterocycles. The molecule has 3 rings (SSSR count). The van der Waals surface area contributed by atoms with Crippen molar-refractivity contribution in [3.05, 3.63) is 65.2 Å². The van der Waals surface area contributed by atoms with Gasteiger partial charge in [-0.3, -0.25) is 14.0 Å². The normalized spacial score (nSPS) is 14.8. The molecule has 180 valence electrons. The standard InChI is InChI=1S/C23H29F2N3O4S/c1-33(30,31)28(20-8-9-21(24)22(25)15-20)10-4-7-23(29)26-16-18-5-2-3-6-19(18)17-27-11-13-32-14-12-27/h2-3,5-6,8-9,15H,4,7,10-14,16-17H2,1H3,(H,26,29). The fourth-order valence-electron chi connectivity index (χ4n) is 3.68. The van der Waals surface area contributed by atoms with Gasteiger partial charge in [-0.15, -0.1) is 0 Å². The van der Waals surface area contributed by atoms with Crippen molar-refractivity contribution >= 4 is 21.6 Å². The number of carbonyl (C=O) groups is 1. The van der Waals surface area contributed by atoms with Crippen molar-refractivity contribution in [1.82, 2.24) is 10.2 Å². The number of anilines is 1. The summed E-state index contributed by atoms with van der Waals surface area (Å²) in [6.45, 7) is 4.31. The Morgan fingerprint density at radius 2 is 1.79 bits per heavy atom. The number of hydrogen-bond donors (Lipinski definition) is 1. The summed E-state index contributed by atoms with van der Waals surface area (Å²) in [5, 5.41) is 2.89. The lowest BCUT2D eigenvalue weighted by Gasteiger charge is -2.27. The smallest absolute Gasteiger partial charge is 0.232 e. The van der Waals surface area contributed by atoms with E-state index >= 15 is 0 Å². The maximum Gasteiger partial charge on any atom is 0.232 e. The molecule has 1 fully saturated rings. The molecule has 33 heavy (non-hydrogen) atoms. The van der Waals surface area contributed by atoms with Gasteiger partial charge < -0.3 is 10.1 Å². The van der Waals surface area contributed by atoms with Gasteiger partial charge in [0.15, 0.2) is 11.6 Å². The molecular formula is C23H29F2N3O4S. The second-order valence-electron chi connectivity index (χ2n) is 7.97. The van der Waals surface area contributed by atoms with Crippen molar-refractivity contribution < 1.29 is 26.7 Å². The summed E-state index contributed by atoms with van der Waals surface area (Å²) < 4.78 is 57.3. The zero-order valence-corrected chi connectivity index (χ0v) is 19.4. The van der Waals surface area contributed by atoms with Gasteiger partial charge in [-0.05, 0) is 29.7 Å². The van der Waals surface area contributed by atoms with Crippen molar-refractivity contribution in [1.29, 1.82) is 0 Å². The van der Waals surface area contributed by atoms with E-state index in [0.29, 0.717) is 19.8 Å². The Morgan fingerprint density at radius 3 is 2.45 bits per heavy atom. The van der Waals surface area contributed by atoms with Gasteiger partial charge in [0.2, 0.25) is 15.9 Å². The Labute approximate surface area is 193 Å². The first-order chi connectivity index (χ1) is 15.7.